The molecule has 6 rings (SSSR count). The molecule has 25 heteroatoms. The Labute approximate surface area is 541 Å². The molecule has 1 aromatic carbocycles. The smallest absolute Gasteiger partial charge is 0.326 e. The zero-order valence-electron chi connectivity index (χ0n) is 53.1. The topological polar surface area (TPSA) is 327 Å². The lowest BCUT2D eigenvalue weighted by Gasteiger charge is -2.27. The quantitative estimate of drug-likeness (QED) is 0.0157. The van der Waals surface area contributed by atoms with Gasteiger partial charge in [-0.05, 0) is 109 Å². The second-order valence-corrected chi connectivity index (χ2v) is 24.6. The summed E-state index contributed by atoms with van der Waals surface area (Å²) in [5.41, 5.74) is 3.86. The maximum atomic E-state index is 14.0. The van der Waals surface area contributed by atoms with E-state index in [0.717, 1.165) is 68.1 Å². The number of aliphatic carboxylic acids is 2. The molecule has 91 heavy (non-hydrogen) atoms. The maximum absolute atomic E-state index is 14.0. The second kappa shape index (κ2) is 39.5. The monoisotopic (exact) mass is 1330 g/mol. The minimum Gasteiger partial charge on any atom is -0.481 e. The molecular formula is C66H92BrN9O15. The number of carboxylic acids is 2. The summed E-state index contributed by atoms with van der Waals surface area (Å²) in [6, 6.07) is 5.64. The Hall–Kier alpha value is -6.93. The summed E-state index contributed by atoms with van der Waals surface area (Å²) in [6.45, 7) is 6.72. The van der Waals surface area contributed by atoms with Crippen molar-refractivity contribution in [3.05, 3.63) is 63.9 Å². The third-order valence-electron chi connectivity index (χ3n) is 16.3. The van der Waals surface area contributed by atoms with E-state index in [2.05, 4.69) is 51.9 Å². The van der Waals surface area contributed by atoms with Crippen LogP contribution in [0.2, 0.25) is 0 Å². The number of fused-ring (bicyclic) bond motifs is 2. The molecule has 1 aliphatic heterocycles. The number of hydrogen-bond donors (Lipinski definition) is 5. The molecule has 0 radical (unpaired) electrons. The molecule has 4 heterocycles. The number of nitrogens with zero attached hydrogens (tertiary/aromatic N) is 6. The van der Waals surface area contributed by atoms with Crippen molar-refractivity contribution in [2.75, 3.05) is 71.3 Å². The van der Waals surface area contributed by atoms with Crippen LogP contribution in [0.25, 0.3) is 22.0 Å². The Balaban J connectivity index is 0.738. The van der Waals surface area contributed by atoms with Crippen LogP contribution in [0.5, 0.6) is 0 Å². The standard InChI is InChI=1S/C66H92BrN9O15/c1-44-22-26-55(67)72-64(44)73-65(85)63-52-37-48(52)40-75(63)59(82)41-76-62-45(2)35-47(36-53(62)61(74-76)46(3)77)49-38-69-56(70-39-49)27-24-51(79)42-90-33-32-89-30-28-68-58(81)43-91-34-31-88-29-18-19-50(78)23-25-54(66(86)87)71-57(80)20-16-14-12-10-8-6-4-5-7-9-11-13-15-17-21-60(83)84/h22,26,35-36,38-39,48,52,54,63H,4-21,23-25,27-34,37,40-43H2,1-3H3,(H,68,81)(H,71,80)(H,83,84)(H,86,87)(H,72,73,85)/t48-,52-,54+,63+/m1/s1. The fourth-order valence-corrected chi connectivity index (χ4v) is 11.5. The minimum atomic E-state index is -1.17. The molecular weight excluding hydrogens is 1240 g/mol. The number of ketones is 3. The summed E-state index contributed by atoms with van der Waals surface area (Å²) in [6.07, 6.45) is 20.8. The highest BCUT2D eigenvalue weighted by Crippen LogP contribution is 2.50. The van der Waals surface area contributed by atoms with E-state index in [4.69, 9.17) is 24.1 Å². The molecule has 0 spiro atoms. The molecule has 498 valence electrons. The van der Waals surface area contributed by atoms with E-state index in [1.54, 1.807) is 28.0 Å². The average molecular weight is 1330 g/mol. The minimum absolute atomic E-state index is 0.0186. The third kappa shape index (κ3) is 25.9. The molecule has 5 N–H and O–H groups in total. The van der Waals surface area contributed by atoms with Gasteiger partial charge in [0, 0.05) is 88.5 Å². The van der Waals surface area contributed by atoms with Crippen LogP contribution in [0.1, 0.15) is 176 Å². The number of aryl methyl sites for hydroxylation is 3. The number of amides is 4. The number of carboxylic acid groups (broad SMARTS) is 2. The fourth-order valence-electron chi connectivity index (χ4n) is 11.2. The number of nitrogens with one attached hydrogen (secondary N) is 3. The van der Waals surface area contributed by atoms with Crippen molar-refractivity contribution in [3.8, 4) is 11.1 Å². The zero-order chi connectivity index (χ0) is 65.5. The Morgan fingerprint density at radius 3 is 1.95 bits per heavy atom. The lowest BCUT2D eigenvalue weighted by atomic mass is 10.0. The van der Waals surface area contributed by atoms with Crippen LogP contribution >= 0.6 is 15.9 Å². The van der Waals surface area contributed by atoms with Crippen LogP contribution in [-0.4, -0.2) is 171 Å². The van der Waals surface area contributed by atoms with Crippen LogP contribution in [0.15, 0.2) is 41.3 Å². The number of halogens is 1. The number of Topliss-reactive ketones (excluding diaryl/α,β-unsaturated/α-hetero) is 3. The number of carbonyl (C=O) groups excluding carboxylic acids is 7. The molecule has 1 aliphatic carbocycles. The molecule has 4 aromatic rings. The number of unbranched alkanes of at least 4 members (excludes halogenated alkanes) is 13. The first-order valence-electron chi connectivity index (χ1n) is 32.3. The molecule has 3 aromatic heterocycles. The largest absolute Gasteiger partial charge is 0.481 e. The Morgan fingerprint density at radius 2 is 1.30 bits per heavy atom. The molecule has 1 saturated carbocycles. The fraction of sp³-hybridized carbons (Fsp3) is 0.621. The number of likely N-dealkylation sites (tertiary alicyclic amines) is 1. The number of aromatic nitrogens is 5. The number of anilines is 1. The highest BCUT2D eigenvalue weighted by Gasteiger charge is 2.57. The van der Waals surface area contributed by atoms with Crippen LogP contribution in [0.3, 0.4) is 0 Å². The average Bonchev–Trinajstić information content (AvgIpc) is 1.63. The van der Waals surface area contributed by atoms with E-state index in [1.807, 2.05) is 32.0 Å². The number of piperidine rings is 1. The molecule has 2 aliphatic rings. The van der Waals surface area contributed by atoms with Crippen molar-refractivity contribution < 1.29 is 72.3 Å². The van der Waals surface area contributed by atoms with Gasteiger partial charge in [0.05, 0.1) is 38.6 Å². The van der Waals surface area contributed by atoms with Gasteiger partial charge in [-0.15, -0.1) is 0 Å². The number of pyridine rings is 1. The lowest BCUT2D eigenvalue weighted by molar-refractivity contribution is -0.142. The van der Waals surface area contributed by atoms with Crippen molar-refractivity contribution in [1.82, 2.24) is 40.3 Å². The summed E-state index contributed by atoms with van der Waals surface area (Å²) in [7, 11) is 0. The summed E-state index contributed by atoms with van der Waals surface area (Å²) in [5, 5.41) is 31.7. The first-order valence-corrected chi connectivity index (χ1v) is 33.1. The molecule has 4 atom stereocenters. The van der Waals surface area contributed by atoms with Gasteiger partial charge < -0.3 is 50.0 Å². The van der Waals surface area contributed by atoms with Gasteiger partial charge >= 0.3 is 11.9 Å². The van der Waals surface area contributed by atoms with Crippen LogP contribution in [-0.2, 0) is 70.3 Å². The molecule has 0 bridgehead atoms. The van der Waals surface area contributed by atoms with Crippen molar-refractivity contribution in [2.24, 2.45) is 11.8 Å². The highest BCUT2D eigenvalue weighted by molar-refractivity contribution is 9.10. The molecule has 0 unspecified atom stereocenters. The number of benzene rings is 1. The van der Waals surface area contributed by atoms with Crippen LogP contribution < -0.4 is 16.0 Å². The number of ether oxygens (including phenoxy) is 4. The number of carbonyl (C=O) groups is 9. The van der Waals surface area contributed by atoms with E-state index in [0.29, 0.717) is 58.5 Å². The highest BCUT2D eigenvalue weighted by atomic mass is 79.9. The summed E-state index contributed by atoms with van der Waals surface area (Å²) >= 11 is 3.36. The lowest BCUT2D eigenvalue weighted by Crippen LogP contribution is -2.47. The van der Waals surface area contributed by atoms with E-state index in [9.17, 15) is 48.3 Å². The number of rotatable bonds is 48. The van der Waals surface area contributed by atoms with Gasteiger partial charge in [-0.25, -0.2) is 19.7 Å². The van der Waals surface area contributed by atoms with Gasteiger partial charge in [-0.3, -0.25) is 43.0 Å². The Kier molecular flexibility index (Phi) is 31.7. The van der Waals surface area contributed by atoms with Gasteiger partial charge in [-0.2, -0.15) is 5.10 Å². The Morgan fingerprint density at radius 1 is 0.670 bits per heavy atom. The molecule has 24 nitrogen and oxygen atoms in total. The van der Waals surface area contributed by atoms with Gasteiger partial charge in [0.1, 0.15) is 59.6 Å². The van der Waals surface area contributed by atoms with E-state index < -0.39 is 24.0 Å². The SMILES string of the molecule is CC(=O)c1nn(CC(=O)N2C[C@H]3C[C@H]3[C@H]2C(=O)Nc2nc(Br)ccc2C)c2c(C)cc(-c3cnc(CCC(=O)COCCOCCNC(=O)COCCOCCCC(=O)CC[C@H](NC(=O)CCCCCCCCCCCCCCCCC(=O)O)C(=O)O)nc3)cc12. The predicted octanol–water partition coefficient (Wildman–Crippen LogP) is 8.67. The third-order valence-corrected chi connectivity index (χ3v) is 16.7. The Bertz CT molecular complexity index is 3070. The van der Waals surface area contributed by atoms with Crippen molar-refractivity contribution in [3.63, 3.8) is 0 Å². The van der Waals surface area contributed by atoms with Crippen molar-refractivity contribution >= 4 is 85.6 Å². The van der Waals surface area contributed by atoms with Crippen LogP contribution in [0.4, 0.5) is 5.82 Å². The van der Waals surface area contributed by atoms with E-state index in [-0.39, 0.29) is 163 Å². The second-order valence-electron chi connectivity index (χ2n) is 23.8. The molecule has 2 fully saturated rings. The van der Waals surface area contributed by atoms with Crippen molar-refractivity contribution in [2.45, 2.75) is 187 Å². The van der Waals surface area contributed by atoms with Gasteiger partial charge in [0.15, 0.2) is 11.6 Å². The van der Waals surface area contributed by atoms with Crippen LogP contribution in [0, 0.1) is 25.7 Å². The van der Waals surface area contributed by atoms with Crippen molar-refractivity contribution in [1.29, 1.82) is 0 Å². The van der Waals surface area contributed by atoms with E-state index >= 15 is 0 Å². The normalized spacial score (nSPS) is 15.3. The number of hydrogen-bond acceptors (Lipinski definition) is 17. The zero-order valence-corrected chi connectivity index (χ0v) is 54.7. The summed E-state index contributed by atoms with van der Waals surface area (Å²) in [5.74, 6) is -2.38. The van der Waals surface area contributed by atoms with E-state index in [1.165, 1.54) is 45.4 Å². The first kappa shape index (κ1) is 73.1. The first-order chi connectivity index (χ1) is 43.9. The molecule has 4 amide bonds. The predicted molar refractivity (Wildman–Crippen MR) is 342 cm³/mol. The van der Waals surface area contributed by atoms with Gasteiger partial charge in [0.25, 0.3) is 0 Å². The van der Waals surface area contributed by atoms with Gasteiger partial charge in [0.2, 0.25) is 23.6 Å². The summed E-state index contributed by atoms with van der Waals surface area (Å²) in [4.78, 5) is 128. The van der Waals surface area contributed by atoms with Gasteiger partial charge in [-0.1, -0.05) is 83.1 Å². The molecule has 1 saturated heterocycles. The summed E-state index contributed by atoms with van der Waals surface area (Å²) < 4.78 is 24.0. The maximum Gasteiger partial charge on any atom is 0.326 e.